The summed E-state index contributed by atoms with van der Waals surface area (Å²) in [7, 11) is -3.84. The van der Waals surface area contributed by atoms with Crippen LogP contribution >= 0.6 is 11.3 Å². The second kappa shape index (κ2) is 6.88. The van der Waals surface area contributed by atoms with Crippen molar-refractivity contribution in [2.45, 2.75) is 11.0 Å². The van der Waals surface area contributed by atoms with E-state index in [9.17, 15) is 12.8 Å². The van der Waals surface area contributed by atoms with Crippen LogP contribution in [0.25, 0.3) is 10.7 Å². The van der Waals surface area contributed by atoms with Gasteiger partial charge in [-0.15, -0.1) is 11.3 Å². The highest BCUT2D eigenvalue weighted by Crippen LogP contribution is 2.28. The molecule has 0 unspecified atom stereocenters. The number of aromatic nitrogens is 2. The van der Waals surface area contributed by atoms with Crippen molar-refractivity contribution in [1.29, 1.82) is 0 Å². The molecule has 136 valence electrons. The average molecular weight is 395 g/mol. The first-order chi connectivity index (χ1) is 12.5. The van der Waals surface area contributed by atoms with E-state index >= 15 is 0 Å². The van der Waals surface area contributed by atoms with E-state index in [0.717, 1.165) is 10.9 Å². The van der Waals surface area contributed by atoms with E-state index in [1.54, 1.807) is 0 Å². The Morgan fingerprint density at radius 1 is 1.27 bits per heavy atom. The largest absolute Gasteiger partial charge is 0.366 e. The van der Waals surface area contributed by atoms with Gasteiger partial charge in [0.2, 0.25) is 15.8 Å². The fraction of sp³-hybridized carbons (Fsp3) is 0.250. The topological polar surface area (TPSA) is 85.5 Å². The Balaban J connectivity index is 1.56. The van der Waals surface area contributed by atoms with Gasteiger partial charge in [-0.05, 0) is 29.6 Å². The van der Waals surface area contributed by atoms with E-state index in [2.05, 4.69) is 10.1 Å². The van der Waals surface area contributed by atoms with Gasteiger partial charge in [0.15, 0.2) is 6.10 Å². The second-order valence-corrected chi connectivity index (χ2v) is 8.50. The maximum absolute atomic E-state index is 13.4. The molecule has 1 saturated heterocycles. The standard InChI is InChI=1S/C16H14FN3O4S2/c17-11-3-1-4-12(9-11)26(21,22)20-6-7-23-13(10-20)16-18-15(19-24-16)14-5-2-8-25-14/h1-5,8-9,13H,6-7,10H2/t13-/m1/s1. The number of rotatable bonds is 4. The molecule has 0 radical (unpaired) electrons. The van der Waals surface area contributed by atoms with Crippen molar-refractivity contribution < 1.29 is 22.1 Å². The van der Waals surface area contributed by atoms with Crippen molar-refractivity contribution in [1.82, 2.24) is 14.4 Å². The normalized spacial score (nSPS) is 18.9. The van der Waals surface area contributed by atoms with Crippen LogP contribution in [0.2, 0.25) is 0 Å². The molecule has 0 saturated carbocycles. The van der Waals surface area contributed by atoms with Crippen LogP contribution < -0.4 is 0 Å². The minimum atomic E-state index is -3.84. The fourth-order valence-electron chi connectivity index (χ4n) is 2.64. The summed E-state index contributed by atoms with van der Waals surface area (Å²) in [6.45, 7) is 0.363. The minimum absolute atomic E-state index is 0.0188. The number of hydrogen-bond donors (Lipinski definition) is 0. The molecule has 0 spiro atoms. The Morgan fingerprint density at radius 3 is 2.92 bits per heavy atom. The molecule has 26 heavy (non-hydrogen) atoms. The number of morpholine rings is 1. The van der Waals surface area contributed by atoms with Crippen molar-refractivity contribution in [2.75, 3.05) is 19.7 Å². The third-order valence-electron chi connectivity index (χ3n) is 3.92. The zero-order chi connectivity index (χ0) is 18.1. The Hall–Kier alpha value is -2.14. The van der Waals surface area contributed by atoms with E-state index in [-0.39, 0.29) is 30.5 Å². The maximum atomic E-state index is 13.4. The Labute approximate surface area is 153 Å². The molecule has 1 aliphatic rings. The zero-order valence-corrected chi connectivity index (χ0v) is 15.0. The molecule has 0 bridgehead atoms. The monoisotopic (exact) mass is 395 g/mol. The van der Waals surface area contributed by atoms with Gasteiger partial charge in [0.25, 0.3) is 5.89 Å². The summed E-state index contributed by atoms with van der Waals surface area (Å²) >= 11 is 1.47. The van der Waals surface area contributed by atoms with Crippen LogP contribution in [-0.2, 0) is 14.8 Å². The van der Waals surface area contributed by atoms with Crippen LogP contribution in [0, 0.1) is 5.82 Å². The van der Waals surface area contributed by atoms with Crippen LogP contribution in [-0.4, -0.2) is 42.6 Å². The van der Waals surface area contributed by atoms with E-state index in [0.29, 0.717) is 5.82 Å². The molecule has 0 aliphatic carbocycles. The van der Waals surface area contributed by atoms with Crippen molar-refractivity contribution in [3.8, 4) is 10.7 Å². The molecule has 1 fully saturated rings. The van der Waals surface area contributed by atoms with Crippen LogP contribution in [0.15, 0.2) is 51.2 Å². The summed E-state index contributed by atoms with van der Waals surface area (Å²) in [5, 5.41) is 5.82. The number of nitrogens with zero attached hydrogens (tertiary/aromatic N) is 3. The number of hydrogen-bond acceptors (Lipinski definition) is 7. The lowest BCUT2D eigenvalue weighted by molar-refractivity contribution is -0.0199. The van der Waals surface area contributed by atoms with Gasteiger partial charge in [-0.1, -0.05) is 17.3 Å². The predicted molar refractivity (Wildman–Crippen MR) is 91.5 cm³/mol. The highest BCUT2D eigenvalue weighted by Gasteiger charge is 2.34. The van der Waals surface area contributed by atoms with Crippen LogP contribution in [0.3, 0.4) is 0 Å². The highest BCUT2D eigenvalue weighted by atomic mass is 32.2. The van der Waals surface area contributed by atoms with E-state index in [1.807, 2.05) is 17.5 Å². The first-order valence-electron chi connectivity index (χ1n) is 7.79. The molecule has 4 rings (SSSR count). The quantitative estimate of drug-likeness (QED) is 0.675. The summed E-state index contributed by atoms with van der Waals surface area (Å²) in [6, 6.07) is 8.67. The molecule has 0 amide bonds. The third kappa shape index (κ3) is 3.28. The molecular formula is C16H14FN3O4S2. The molecule has 1 aromatic carbocycles. The average Bonchev–Trinajstić information content (AvgIpc) is 3.33. The molecule has 1 aliphatic heterocycles. The Morgan fingerprint density at radius 2 is 2.15 bits per heavy atom. The van der Waals surface area contributed by atoms with Gasteiger partial charge in [0, 0.05) is 13.1 Å². The smallest absolute Gasteiger partial charge is 0.257 e. The Bertz CT molecular complexity index is 1000. The SMILES string of the molecule is O=S(=O)(c1cccc(F)c1)N1CCO[C@@H](c2nc(-c3cccs3)no2)C1. The molecule has 7 nitrogen and oxygen atoms in total. The molecule has 10 heteroatoms. The van der Waals surface area contributed by atoms with Gasteiger partial charge in [0.1, 0.15) is 5.82 Å². The summed E-state index contributed by atoms with van der Waals surface area (Å²) in [4.78, 5) is 5.06. The zero-order valence-electron chi connectivity index (χ0n) is 13.4. The van der Waals surface area contributed by atoms with Crippen LogP contribution in [0.1, 0.15) is 12.0 Å². The molecule has 3 heterocycles. The lowest BCUT2D eigenvalue weighted by Crippen LogP contribution is -2.42. The van der Waals surface area contributed by atoms with Crippen molar-refractivity contribution in [3.63, 3.8) is 0 Å². The number of thiophene rings is 1. The van der Waals surface area contributed by atoms with Crippen molar-refractivity contribution in [3.05, 3.63) is 53.5 Å². The second-order valence-electron chi connectivity index (χ2n) is 5.61. The van der Waals surface area contributed by atoms with Gasteiger partial charge in [-0.3, -0.25) is 0 Å². The van der Waals surface area contributed by atoms with E-state index < -0.39 is 21.9 Å². The number of ether oxygens (including phenoxy) is 1. The lowest BCUT2D eigenvalue weighted by atomic mass is 10.3. The van der Waals surface area contributed by atoms with Gasteiger partial charge in [0.05, 0.1) is 16.4 Å². The molecule has 0 N–H and O–H groups in total. The molecule has 3 aromatic rings. The predicted octanol–water partition coefficient (Wildman–Crippen LogP) is 2.70. The minimum Gasteiger partial charge on any atom is -0.366 e. The van der Waals surface area contributed by atoms with Gasteiger partial charge >= 0.3 is 0 Å². The maximum Gasteiger partial charge on any atom is 0.257 e. The number of benzene rings is 1. The van der Waals surface area contributed by atoms with Crippen molar-refractivity contribution >= 4 is 21.4 Å². The lowest BCUT2D eigenvalue weighted by Gasteiger charge is -2.30. The summed E-state index contributed by atoms with van der Waals surface area (Å²) < 4.78 is 51.0. The van der Waals surface area contributed by atoms with E-state index in [1.165, 1.54) is 33.8 Å². The van der Waals surface area contributed by atoms with Crippen LogP contribution in [0.5, 0.6) is 0 Å². The van der Waals surface area contributed by atoms with Gasteiger partial charge in [-0.2, -0.15) is 9.29 Å². The summed E-state index contributed by atoms with van der Waals surface area (Å²) in [5.74, 6) is 0.0460. The van der Waals surface area contributed by atoms with Crippen LogP contribution in [0.4, 0.5) is 4.39 Å². The summed E-state index contributed by atoms with van der Waals surface area (Å²) in [5.41, 5.74) is 0. The Kier molecular flexibility index (Phi) is 4.57. The fourth-order valence-corrected chi connectivity index (χ4v) is 4.75. The highest BCUT2D eigenvalue weighted by molar-refractivity contribution is 7.89. The van der Waals surface area contributed by atoms with Crippen molar-refractivity contribution in [2.24, 2.45) is 0 Å². The third-order valence-corrected chi connectivity index (χ3v) is 6.65. The molecule has 2 aromatic heterocycles. The number of halogens is 1. The first-order valence-corrected chi connectivity index (χ1v) is 10.1. The van der Waals surface area contributed by atoms with Gasteiger partial charge < -0.3 is 9.26 Å². The summed E-state index contributed by atoms with van der Waals surface area (Å²) in [6.07, 6.45) is -0.673. The van der Waals surface area contributed by atoms with Gasteiger partial charge in [-0.25, -0.2) is 12.8 Å². The molecular weight excluding hydrogens is 381 g/mol. The first kappa shape index (κ1) is 17.3. The number of sulfonamides is 1. The molecule has 1 atom stereocenters. The van der Waals surface area contributed by atoms with E-state index in [4.69, 9.17) is 9.26 Å².